The van der Waals surface area contributed by atoms with E-state index in [4.69, 9.17) is 5.11 Å². The van der Waals surface area contributed by atoms with Crippen molar-refractivity contribution in [3.63, 3.8) is 0 Å². The number of hydrogen-bond donors (Lipinski definition) is 3. The number of unbranched alkanes of at least 4 members (excludes halogenated alkanes) is 3. The number of amides is 1. The van der Waals surface area contributed by atoms with Crippen molar-refractivity contribution in [3.05, 3.63) is 71.9 Å². The Balaban J connectivity index is 1.96. The number of nitrogens with one attached hydrogen (secondary N) is 1. The second-order valence-electron chi connectivity index (χ2n) is 8.51. The van der Waals surface area contributed by atoms with Gasteiger partial charge in [0.2, 0.25) is 0 Å². The number of benzene rings is 2. The average molecular weight is 449 g/mol. The molecule has 0 fully saturated rings. The van der Waals surface area contributed by atoms with Gasteiger partial charge in [0.15, 0.2) is 5.88 Å². The molecule has 6 heteroatoms. The second kappa shape index (κ2) is 11.4. The van der Waals surface area contributed by atoms with Gasteiger partial charge in [-0.1, -0.05) is 75.2 Å². The van der Waals surface area contributed by atoms with Gasteiger partial charge in [-0.3, -0.25) is 9.59 Å². The number of aromatic hydroxyl groups is 1. The Bertz CT molecular complexity index is 1070. The predicted molar refractivity (Wildman–Crippen MR) is 131 cm³/mol. The van der Waals surface area contributed by atoms with Crippen LogP contribution >= 0.6 is 0 Å². The molecule has 0 aliphatic carbocycles. The largest absolute Gasteiger partial charge is 0.494 e. The van der Waals surface area contributed by atoms with E-state index in [1.165, 1.54) is 0 Å². The number of carboxylic acid groups (broad SMARTS) is 1. The van der Waals surface area contributed by atoms with E-state index in [9.17, 15) is 14.7 Å². The molecule has 3 aromatic rings. The van der Waals surface area contributed by atoms with Crippen LogP contribution in [0, 0.1) is 0 Å². The van der Waals surface area contributed by atoms with Gasteiger partial charge in [-0.05, 0) is 36.5 Å². The molecule has 0 radical (unpaired) electrons. The molecule has 6 nitrogen and oxygen atoms in total. The van der Waals surface area contributed by atoms with Crippen molar-refractivity contribution in [2.45, 2.75) is 58.4 Å². The van der Waals surface area contributed by atoms with Gasteiger partial charge < -0.3 is 20.1 Å². The van der Waals surface area contributed by atoms with Crippen LogP contribution in [0.25, 0.3) is 11.1 Å². The molecule has 174 valence electrons. The molecule has 0 unspecified atom stereocenters. The quantitative estimate of drug-likeness (QED) is 0.301. The lowest BCUT2D eigenvalue weighted by Gasteiger charge is -2.15. The molecule has 1 amide bonds. The van der Waals surface area contributed by atoms with Gasteiger partial charge in [0, 0.05) is 24.3 Å². The number of para-hydroxylation sites is 1. The van der Waals surface area contributed by atoms with E-state index in [0.29, 0.717) is 29.8 Å². The normalized spacial score (nSPS) is 11.0. The molecule has 2 aromatic carbocycles. The summed E-state index contributed by atoms with van der Waals surface area (Å²) in [5.74, 6) is -0.925. The van der Waals surface area contributed by atoms with Gasteiger partial charge in [0.25, 0.3) is 5.91 Å². The van der Waals surface area contributed by atoms with Gasteiger partial charge in [0.1, 0.15) is 0 Å². The number of rotatable bonds is 11. The van der Waals surface area contributed by atoms with Crippen molar-refractivity contribution >= 4 is 17.6 Å². The third-order valence-electron chi connectivity index (χ3n) is 5.67. The van der Waals surface area contributed by atoms with Gasteiger partial charge in [-0.25, -0.2) is 0 Å². The van der Waals surface area contributed by atoms with Crippen LogP contribution in [0.3, 0.4) is 0 Å². The summed E-state index contributed by atoms with van der Waals surface area (Å²) in [6.45, 7) is 4.60. The SMILES string of the molecule is CC(C)c1c(C(=O)Nc2ccccc2)c(-c2ccccc2)c(O)n1CCCCCCC(=O)O. The number of carbonyl (C=O) groups is 2. The summed E-state index contributed by atoms with van der Waals surface area (Å²) in [6.07, 6.45) is 3.28. The smallest absolute Gasteiger partial charge is 0.303 e. The van der Waals surface area contributed by atoms with Gasteiger partial charge >= 0.3 is 5.97 Å². The molecule has 0 saturated heterocycles. The van der Waals surface area contributed by atoms with E-state index < -0.39 is 5.97 Å². The molecule has 0 spiro atoms. The first kappa shape index (κ1) is 24.1. The molecule has 0 atom stereocenters. The van der Waals surface area contributed by atoms with Crippen molar-refractivity contribution < 1.29 is 19.8 Å². The summed E-state index contributed by atoms with van der Waals surface area (Å²) in [6, 6.07) is 18.8. The van der Waals surface area contributed by atoms with Crippen LogP contribution in [0.4, 0.5) is 5.69 Å². The fourth-order valence-electron chi connectivity index (χ4n) is 4.17. The fourth-order valence-corrected chi connectivity index (χ4v) is 4.17. The number of aliphatic carboxylic acids is 1. The van der Waals surface area contributed by atoms with E-state index in [1.807, 2.05) is 79.1 Å². The minimum atomic E-state index is -0.776. The lowest BCUT2D eigenvalue weighted by atomic mass is 9.97. The van der Waals surface area contributed by atoms with E-state index in [0.717, 1.165) is 30.5 Å². The molecular formula is C27H32N2O4. The number of nitrogens with zero attached hydrogens (tertiary/aromatic N) is 1. The second-order valence-corrected chi connectivity index (χ2v) is 8.51. The van der Waals surface area contributed by atoms with Crippen LogP contribution < -0.4 is 5.32 Å². The van der Waals surface area contributed by atoms with Gasteiger partial charge in [-0.15, -0.1) is 0 Å². The highest BCUT2D eigenvalue weighted by atomic mass is 16.4. The Morgan fingerprint density at radius 3 is 2.12 bits per heavy atom. The number of hydrogen-bond acceptors (Lipinski definition) is 3. The third kappa shape index (κ3) is 6.04. The first-order valence-corrected chi connectivity index (χ1v) is 11.5. The summed E-state index contributed by atoms with van der Waals surface area (Å²) in [5, 5.41) is 23.1. The van der Waals surface area contributed by atoms with Crippen molar-refractivity contribution in [3.8, 4) is 17.0 Å². The van der Waals surface area contributed by atoms with Crippen LogP contribution in [-0.2, 0) is 11.3 Å². The predicted octanol–water partition coefficient (Wildman–Crippen LogP) is 6.27. The minimum absolute atomic E-state index is 0.0110. The van der Waals surface area contributed by atoms with Crippen LogP contribution in [0.1, 0.15) is 67.9 Å². The zero-order valence-electron chi connectivity index (χ0n) is 19.3. The van der Waals surface area contributed by atoms with E-state index in [2.05, 4.69) is 5.32 Å². The van der Waals surface area contributed by atoms with Gasteiger partial charge in [-0.2, -0.15) is 0 Å². The van der Waals surface area contributed by atoms with Crippen LogP contribution in [-0.4, -0.2) is 26.7 Å². The molecule has 3 N–H and O–H groups in total. The molecule has 0 aliphatic heterocycles. The van der Waals surface area contributed by atoms with Crippen molar-refractivity contribution in [1.82, 2.24) is 4.57 Å². The molecule has 3 rings (SSSR count). The number of carbonyl (C=O) groups excluding carboxylic acids is 1. The fraction of sp³-hybridized carbons (Fsp3) is 0.333. The molecule has 0 bridgehead atoms. The first-order valence-electron chi connectivity index (χ1n) is 11.5. The van der Waals surface area contributed by atoms with Crippen molar-refractivity contribution in [1.29, 1.82) is 0 Å². The topological polar surface area (TPSA) is 91.6 Å². The van der Waals surface area contributed by atoms with Crippen LogP contribution in [0.2, 0.25) is 0 Å². The lowest BCUT2D eigenvalue weighted by Crippen LogP contribution is -2.16. The standard InChI is InChI=1S/C27H32N2O4/c1-19(2)25-24(26(32)28-21-15-9-6-10-16-21)23(20-13-7-5-8-14-20)27(33)29(25)18-12-4-3-11-17-22(30)31/h5-10,13-16,19,33H,3-4,11-12,17-18H2,1-2H3,(H,28,32)(H,30,31). The van der Waals surface area contributed by atoms with Crippen molar-refractivity contribution in [2.75, 3.05) is 5.32 Å². The molecular weight excluding hydrogens is 416 g/mol. The molecule has 33 heavy (non-hydrogen) atoms. The Kier molecular flexibility index (Phi) is 8.30. The first-order chi connectivity index (χ1) is 15.9. The maximum absolute atomic E-state index is 13.5. The van der Waals surface area contributed by atoms with Crippen LogP contribution in [0.5, 0.6) is 5.88 Å². The zero-order valence-corrected chi connectivity index (χ0v) is 19.3. The Morgan fingerprint density at radius 1 is 0.909 bits per heavy atom. The lowest BCUT2D eigenvalue weighted by molar-refractivity contribution is -0.137. The summed E-state index contributed by atoms with van der Waals surface area (Å²) in [4.78, 5) is 24.2. The molecule has 1 heterocycles. The highest BCUT2D eigenvalue weighted by molar-refractivity contribution is 6.11. The molecule has 1 aromatic heterocycles. The van der Waals surface area contributed by atoms with Gasteiger partial charge in [0.05, 0.1) is 11.1 Å². The summed E-state index contributed by atoms with van der Waals surface area (Å²) >= 11 is 0. The summed E-state index contributed by atoms with van der Waals surface area (Å²) in [5.41, 5.74) is 3.31. The maximum atomic E-state index is 13.5. The monoisotopic (exact) mass is 448 g/mol. The molecule has 0 aliphatic rings. The maximum Gasteiger partial charge on any atom is 0.303 e. The number of carboxylic acids is 1. The summed E-state index contributed by atoms with van der Waals surface area (Å²) in [7, 11) is 0. The highest BCUT2D eigenvalue weighted by Crippen LogP contribution is 2.41. The Labute approximate surface area is 194 Å². The third-order valence-corrected chi connectivity index (χ3v) is 5.67. The number of anilines is 1. The zero-order chi connectivity index (χ0) is 23.8. The Hall–Kier alpha value is -3.54. The van der Waals surface area contributed by atoms with E-state index >= 15 is 0 Å². The van der Waals surface area contributed by atoms with E-state index in [1.54, 1.807) is 0 Å². The summed E-state index contributed by atoms with van der Waals surface area (Å²) < 4.78 is 1.85. The number of aromatic nitrogens is 1. The highest BCUT2D eigenvalue weighted by Gasteiger charge is 2.29. The van der Waals surface area contributed by atoms with Crippen LogP contribution in [0.15, 0.2) is 60.7 Å². The van der Waals surface area contributed by atoms with E-state index in [-0.39, 0.29) is 24.1 Å². The molecule has 0 saturated carbocycles. The Morgan fingerprint density at radius 2 is 1.52 bits per heavy atom. The minimum Gasteiger partial charge on any atom is -0.494 e. The van der Waals surface area contributed by atoms with Crippen molar-refractivity contribution in [2.24, 2.45) is 0 Å². The average Bonchev–Trinajstić information content (AvgIpc) is 3.09.